The van der Waals surface area contributed by atoms with Crippen LogP contribution in [0.15, 0.2) is 42.9 Å². The quantitative estimate of drug-likeness (QED) is 0.667. The molecule has 3 aromatic rings. The summed E-state index contributed by atoms with van der Waals surface area (Å²) in [6.07, 6.45) is 9.14. The van der Waals surface area contributed by atoms with Gasteiger partial charge >= 0.3 is 0 Å². The maximum absolute atomic E-state index is 4.26. The van der Waals surface area contributed by atoms with E-state index in [2.05, 4.69) is 64.9 Å². The third kappa shape index (κ3) is 3.86. The van der Waals surface area contributed by atoms with Crippen molar-refractivity contribution in [1.29, 1.82) is 0 Å². The van der Waals surface area contributed by atoms with Crippen LogP contribution >= 0.6 is 0 Å². The number of aromatic nitrogens is 3. The summed E-state index contributed by atoms with van der Waals surface area (Å²) in [6, 6.07) is 10.8. The van der Waals surface area contributed by atoms with Crippen LogP contribution in [-0.4, -0.2) is 14.5 Å². The molecule has 0 aliphatic rings. The van der Waals surface area contributed by atoms with Crippen molar-refractivity contribution in [3.05, 3.63) is 59.8 Å². The van der Waals surface area contributed by atoms with E-state index in [1.165, 1.54) is 22.9 Å². The molecule has 0 saturated carbocycles. The Morgan fingerprint density at radius 2 is 1.96 bits per heavy atom. The maximum Gasteiger partial charge on any atom is 0.116 e. The molecule has 3 rings (SSSR count). The molecule has 0 amide bonds. The summed E-state index contributed by atoms with van der Waals surface area (Å²) in [5, 5.41) is 1.29. The highest BCUT2D eigenvalue weighted by Gasteiger charge is 2.02. The predicted molar refractivity (Wildman–Crippen MR) is 97.1 cm³/mol. The van der Waals surface area contributed by atoms with Gasteiger partial charge in [-0.3, -0.25) is 0 Å². The zero-order valence-electron chi connectivity index (χ0n) is 14.0. The molecule has 1 aromatic carbocycles. The first kappa shape index (κ1) is 15.5. The highest BCUT2D eigenvalue weighted by atomic mass is 14.9. The zero-order chi connectivity index (χ0) is 16.2. The lowest BCUT2D eigenvalue weighted by Crippen LogP contribution is -1.99. The molecular weight excluding hydrogens is 282 g/mol. The summed E-state index contributed by atoms with van der Waals surface area (Å²) in [5.74, 6) is 0.728. The highest BCUT2D eigenvalue weighted by Crippen LogP contribution is 2.20. The summed E-state index contributed by atoms with van der Waals surface area (Å²) in [7, 11) is 0. The van der Waals surface area contributed by atoms with Crippen LogP contribution in [0.1, 0.15) is 37.2 Å². The van der Waals surface area contributed by atoms with Crippen molar-refractivity contribution >= 4 is 23.1 Å². The summed E-state index contributed by atoms with van der Waals surface area (Å²) in [5.41, 5.74) is 4.42. The molecule has 23 heavy (non-hydrogen) atoms. The number of rotatable bonds is 5. The van der Waals surface area contributed by atoms with Crippen molar-refractivity contribution in [2.75, 3.05) is 0 Å². The largest absolute Gasteiger partial charge is 0.347 e. The second kappa shape index (κ2) is 6.78. The summed E-state index contributed by atoms with van der Waals surface area (Å²) in [6.45, 7) is 7.59. The average molecular weight is 305 g/mol. The fourth-order valence-corrected chi connectivity index (χ4v) is 2.66. The molecule has 0 spiro atoms. The minimum absolute atomic E-state index is 0.728. The average Bonchev–Trinajstić information content (AvgIpc) is 2.93. The molecular formula is C20H23N3. The molecule has 0 N–H and O–H groups in total. The Hall–Kier alpha value is -2.42. The molecule has 3 heteroatoms. The number of benzene rings is 1. The van der Waals surface area contributed by atoms with Gasteiger partial charge in [0.2, 0.25) is 0 Å². The predicted octanol–water partition coefficient (Wildman–Crippen LogP) is 4.96. The minimum Gasteiger partial charge on any atom is -0.347 e. The van der Waals surface area contributed by atoms with Crippen molar-refractivity contribution < 1.29 is 0 Å². The van der Waals surface area contributed by atoms with Crippen LogP contribution in [0.25, 0.3) is 23.1 Å². The SMILES string of the molecule is Cc1cc(/C=C/c2ccc3c(ccn3CCC(C)C)c2)ncn1. The van der Waals surface area contributed by atoms with Gasteiger partial charge in [-0.25, -0.2) is 9.97 Å². The van der Waals surface area contributed by atoms with E-state index in [0.717, 1.165) is 23.9 Å². The van der Waals surface area contributed by atoms with Crippen molar-refractivity contribution in [3.63, 3.8) is 0 Å². The van der Waals surface area contributed by atoms with E-state index in [9.17, 15) is 0 Å². The van der Waals surface area contributed by atoms with Crippen LogP contribution in [0.2, 0.25) is 0 Å². The molecule has 2 heterocycles. The van der Waals surface area contributed by atoms with Gasteiger partial charge in [0.25, 0.3) is 0 Å². The van der Waals surface area contributed by atoms with E-state index in [4.69, 9.17) is 0 Å². The van der Waals surface area contributed by atoms with E-state index >= 15 is 0 Å². The number of fused-ring (bicyclic) bond motifs is 1. The third-order valence-corrected chi connectivity index (χ3v) is 4.01. The summed E-state index contributed by atoms with van der Waals surface area (Å²) >= 11 is 0. The molecule has 0 saturated heterocycles. The van der Waals surface area contributed by atoms with Gasteiger partial charge in [0, 0.05) is 29.3 Å². The van der Waals surface area contributed by atoms with Gasteiger partial charge in [-0.15, -0.1) is 0 Å². The molecule has 0 fully saturated rings. The molecule has 118 valence electrons. The first-order valence-corrected chi connectivity index (χ1v) is 8.17. The van der Waals surface area contributed by atoms with Gasteiger partial charge < -0.3 is 4.57 Å². The Balaban J connectivity index is 1.81. The normalized spacial score (nSPS) is 11.8. The van der Waals surface area contributed by atoms with Crippen molar-refractivity contribution in [2.45, 2.75) is 33.7 Å². The number of aryl methyl sites for hydroxylation is 2. The lowest BCUT2D eigenvalue weighted by Gasteiger charge is -2.07. The third-order valence-electron chi connectivity index (χ3n) is 4.01. The minimum atomic E-state index is 0.728. The van der Waals surface area contributed by atoms with Gasteiger partial charge in [-0.05, 0) is 55.2 Å². The fraction of sp³-hybridized carbons (Fsp3) is 0.300. The first-order chi connectivity index (χ1) is 11.1. The molecule has 0 aliphatic carbocycles. The number of nitrogens with zero attached hydrogens (tertiary/aromatic N) is 3. The number of hydrogen-bond acceptors (Lipinski definition) is 2. The fourth-order valence-electron chi connectivity index (χ4n) is 2.66. The monoisotopic (exact) mass is 305 g/mol. The second-order valence-corrected chi connectivity index (χ2v) is 6.43. The Kier molecular flexibility index (Phi) is 4.56. The molecule has 2 aromatic heterocycles. The van der Waals surface area contributed by atoms with Crippen molar-refractivity contribution in [3.8, 4) is 0 Å². The molecule has 0 radical (unpaired) electrons. The Morgan fingerprint density at radius 3 is 2.74 bits per heavy atom. The summed E-state index contributed by atoms with van der Waals surface area (Å²) in [4.78, 5) is 8.38. The van der Waals surface area contributed by atoms with E-state index in [-0.39, 0.29) is 0 Å². The van der Waals surface area contributed by atoms with Gasteiger partial charge in [-0.2, -0.15) is 0 Å². The Labute approximate surface area is 137 Å². The van der Waals surface area contributed by atoms with Crippen molar-refractivity contribution in [2.24, 2.45) is 5.92 Å². The zero-order valence-corrected chi connectivity index (χ0v) is 14.0. The van der Waals surface area contributed by atoms with E-state index in [1.807, 2.05) is 19.1 Å². The second-order valence-electron chi connectivity index (χ2n) is 6.43. The smallest absolute Gasteiger partial charge is 0.116 e. The summed E-state index contributed by atoms with van der Waals surface area (Å²) < 4.78 is 2.34. The van der Waals surface area contributed by atoms with Crippen LogP contribution in [0.3, 0.4) is 0 Å². The van der Waals surface area contributed by atoms with E-state index in [0.29, 0.717) is 0 Å². The van der Waals surface area contributed by atoms with Gasteiger partial charge in [0.15, 0.2) is 0 Å². The van der Waals surface area contributed by atoms with E-state index in [1.54, 1.807) is 6.33 Å². The van der Waals surface area contributed by atoms with Crippen LogP contribution in [0.5, 0.6) is 0 Å². The van der Waals surface area contributed by atoms with E-state index < -0.39 is 0 Å². The Bertz CT molecular complexity index is 828. The molecule has 3 nitrogen and oxygen atoms in total. The molecule has 0 aliphatic heterocycles. The molecule has 0 bridgehead atoms. The first-order valence-electron chi connectivity index (χ1n) is 8.17. The Morgan fingerprint density at radius 1 is 1.09 bits per heavy atom. The van der Waals surface area contributed by atoms with Gasteiger partial charge in [0.05, 0.1) is 5.69 Å². The lowest BCUT2D eigenvalue weighted by atomic mass is 10.1. The van der Waals surface area contributed by atoms with Crippen molar-refractivity contribution in [1.82, 2.24) is 14.5 Å². The van der Waals surface area contributed by atoms with Crippen LogP contribution < -0.4 is 0 Å². The molecule has 0 atom stereocenters. The maximum atomic E-state index is 4.26. The molecule has 0 unspecified atom stereocenters. The van der Waals surface area contributed by atoms with Crippen LogP contribution in [-0.2, 0) is 6.54 Å². The number of hydrogen-bond donors (Lipinski definition) is 0. The van der Waals surface area contributed by atoms with Gasteiger partial charge in [0.1, 0.15) is 6.33 Å². The lowest BCUT2D eigenvalue weighted by molar-refractivity contribution is 0.524. The van der Waals surface area contributed by atoms with Crippen LogP contribution in [0, 0.1) is 12.8 Å². The van der Waals surface area contributed by atoms with Crippen LogP contribution in [0.4, 0.5) is 0 Å². The standard InChI is InChI=1S/C20H23N3/c1-15(2)8-10-23-11-9-18-13-17(5-7-20(18)23)4-6-19-12-16(3)21-14-22-19/h4-7,9,11-15H,8,10H2,1-3H3/b6-4+. The topological polar surface area (TPSA) is 30.7 Å². The van der Waals surface area contributed by atoms with Gasteiger partial charge in [-0.1, -0.05) is 26.0 Å². The highest BCUT2D eigenvalue weighted by molar-refractivity contribution is 5.84.